The number of benzene rings is 1. The van der Waals surface area contributed by atoms with Gasteiger partial charge < -0.3 is 9.47 Å². The van der Waals surface area contributed by atoms with E-state index in [1.807, 2.05) is 17.7 Å². The minimum atomic E-state index is -0.192. The highest BCUT2D eigenvalue weighted by molar-refractivity contribution is 5.79. The molecule has 3 rings (SSSR count). The molecule has 0 spiro atoms. The second-order valence-corrected chi connectivity index (χ2v) is 5.44. The number of rotatable bonds is 2. The van der Waals surface area contributed by atoms with Gasteiger partial charge in [0, 0.05) is 20.1 Å². The number of anilines is 1. The minimum absolute atomic E-state index is 0.192. The summed E-state index contributed by atoms with van der Waals surface area (Å²) in [4.78, 5) is 6.92. The molecule has 0 bridgehead atoms. The minimum Gasteiger partial charge on any atom is -0.342 e. The van der Waals surface area contributed by atoms with E-state index in [2.05, 4.69) is 16.8 Å². The molecule has 0 unspecified atom stereocenters. The fourth-order valence-corrected chi connectivity index (χ4v) is 3.07. The number of halogens is 1. The van der Waals surface area contributed by atoms with Crippen LogP contribution in [0.1, 0.15) is 26.2 Å². The maximum absolute atomic E-state index is 13.9. The van der Waals surface area contributed by atoms with Crippen molar-refractivity contribution in [3.05, 3.63) is 24.0 Å². The summed E-state index contributed by atoms with van der Waals surface area (Å²) >= 11 is 0. The second kappa shape index (κ2) is 4.83. The van der Waals surface area contributed by atoms with E-state index in [0.29, 0.717) is 5.52 Å². The first-order chi connectivity index (χ1) is 9.20. The van der Waals surface area contributed by atoms with Crippen molar-refractivity contribution < 1.29 is 4.39 Å². The third-order valence-electron chi connectivity index (χ3n) is 4.20. The number of aromatic nitrogens is 2. The lowest BCUT2D eigenvalue weighted by Gasteiger charge is -2.32. The predicted octanol–water partition coefficient (Wildman–Crippen LogP) is 3.34. The molecule has 0 N–H and O–H groups in total. The Hall–Kier alpha value is -1.58. The van der Waals surface area contributed by atoms with Crippen molar-refractivity contribution in [1.82, 2.24) is 9.55 Å². The first-order valence-electron chi connectivity index (χ1n) is 7.06. The van der Waals surface area contributed by atoms with E-state index in [0.717, 1.165) is 30.5 Å². The zero-order chi connectivity index (χ0) is 13.4. The Kier molecular flexibility index (Phi) is 3.17. The monoisotopic (exact) mass is 261 g/mol. The number of hydrogen-bond donors (Lipinski definition) is 0. The molecular formula is C15H20FN3. The van der Waals surface area contributed by atoms with Gasteiger partial charge in [-0.1, -0.05) is 19.4 Å². The molecule has 1 fully saturated rings. The van der Waals surface area contributed by atoms with Crippen LogP contribution in [-0.4, -0.2) is 22.6 Å². The van der Waals surface area contributed by atoms with Crippen LogP contribution < -0.4 is 4.90 Å². The van der Waals surface area contributed by atoms with Crippen molar-refractivity contribution in [2.24, 2.45) is 13.0 Å². The summed E-state index contributed by atoms with van der Waals surface area (Å²) in [6, 6.07) is 5.10. The second-order valence-electron chi connectivity index (χ2n) is 5.44. The van der Waals surface area contributed by atoms with Gasteiger partial charge in [0.1, 0.15) is 11.3 Å². The van der Waals surface area contributed by atoms with Gasteiger partial charge in [-0.2, -0.15) is 0 Å². The fraction of sp³-hybridized carbons (Fsp3) is 0.533. The summed E-state index contributed by atoms with van der Waals surface area (Å²) in [5, 5.41) is 0. The van der Waals surface area contributed by atoms with Gasteiger partial charge >= 0.3 is 0 Å². The molecule has 4 heteroatoms. The Bertz CT molecular complexity index is 590. The molecule has 1 aliphatic rings. The average Bonchev–Trinajstić information content (AvgIpc) is 2.77. The Morgan fingerprint density at radius 2 is 2.26 bits per heavy atom. The zero-order valence-electron chi connectivity index (χ0n) is 11.6. The van der Waals surface area contributed by atoms with E-state index >= 15 is 0 Å². The molecule has 102 valence electrons. The van der Waals surface area contributed by atoms with Gasteiger partial charge in [0.05, 0.1) is 5.52 Å². The van der Waals surface area contributed by atoms with E-state index in [1.165, 1.54) is 25.3 Å². The van der Waals surface area contributed by atoms with Crippen LogP contribution in [0.2, 0.25) is 0 Å². The van der Waals surface area contributed by atoms with E-state index in [1.54, 1.807) is 6.07 Å². The standard InChI is InChI=1S/C15H20FN3/c1-3-11-6-5-9-19(10-11)15-17-13-8-4-7-12(16)14(13)18(15)2/h4,7-8,11H,3,5-6,9-10H2,1-2H3/t11-/m1/s1. The molecule has 1 aromatic carbocycles. The number of para-hydroxylation sites is 1. The Morgan fingerprint density at radius 3 is 3.00 bits per heavy atom. The lowest BCUT2D eigenvalue weighted by Crippen LogP contribution is -2.36. The van der Waals surface area contributed by atoms with Crippen LogP contribution in [0.15, 0.2) is 18.2 Å². The number of imidazole rings is 1. The SMILES string of the molecule is CC[C@@H]1CCCN(c2nc3cccc(F)c3n2C)C1. The van der Waals surface area contributed by atoms with Crippen LogP contribution in [0.25, 0.3) is 11.0 Å². The summed E-state index contributed by atoms with van der Waals surface area (Å²) < 4.78 is 15.8. The van der Waals surface area contributed by atoms with Crippen molar-refractivity contribution in [3.8, 4) is 0 Å². The lowest BCUT2D eigenvalue weighted by molar-refractivity contribution is 0.399. The van der Waals surface area contributed by atoms with E-state index in [4.69, 9.17) is 0 Å². The van der Waals surface area contributed by atoms with E-state index < -0.39 is 0 Å². The molecule has 2 heterocycles. The van der Waals surface area contributed by atoms with Crippen LogP contribution in [0.3, 0.4) is 0 Å². The van der Waals surface area contributed by atoms with Crippen molar-refractivity contribution in [2.75, 3.05) is 18.0 Å². The molecule has 0 radical (unpaired) electrons. The largest absolute Gasteiger partial charge is 0.342 e. The highest BCUT2D eigenvalue weighted by atomic mass is 19.1. The van der Waals surface area contributed by atoms with Crippen LogP contribution in [0.5, 0.6) is 0 Å². The van der Waals surface area contributed by atoms with Crippen LogP contribution in [0, 0.1) is 11.7 Å². The summed E-state index contributed by atoms with van der Waals surface area (Å²) in [6.07, 6.45) is 3.70. The summed E-state index contributed by atoms with van der Waals surface area (Å²) in [7, 11) is 1.91. The molecular weight excluding hydrogens is 241 g/mol. The van der Waals surface area contributed by atoms with Gasteiger partial charge in [-0.3, -0.25) is 0 Å². The molecule has 1 aromatic heterocycles. The highest BCUT2D eigenvalue weighted by Gasteiger charge is 2.23. The van der Waals surface area contributed by atoms with Gasteiger partial charge in [-0.15, -0.1) is 0 Å². The lowest BCUT2D eigenvalue weighted by atomic mass is 9.96. The third kappa shape index (κ3) is 2.09. The van der Waals surface area contributed by atoms with Crippen molar-refractivity contribution in [3.63, 3.8) is 0 Å². The summed E-state index contributed by atoms with van der Waals surface area (Å²) in [5.41, 5.74) is 1.35. The van der Waals surface area contributed by atoms with Crippen LogP contribution in [-0.2, 0) is 7.05 Å². The molecule has 1 atom stereocenters. The number of hydrogen-bond acceptors (Lipinski definition) is 2. The maximum atomic E-state index is 13.9. The predicted molar refractivity (Wildman–Crippen MR) is 75.9 cm³/mol. The van der Waals surface area contributed by atoms with Gasteiger partial charge in [0.2, 0.25) is 5.95 Å². The zero-order valence-corrected chi connectivity index (χ0v) is 11.6. The number of aryl methyl sites for hydroxylation is 1. The quantitative estimate of drug-likeness (QED) is 0.826. The normalized spacial score (nSPS) is 20.2. The topological polar surface area (TPSA) is 21.1 Å². The molecule has 2 aromatic rings. The third-order valence-corrected chi connectivity index (χ3v) is 4.20. The van der Waals surface area contributed by atoms with Gasteiger partial charge in [-0.05, 0) is 30.9 Å². The van der Waals surface area contributed by atoms with Crippen molar-refractivity contribution >= 4 is 17.0 Å². The molecule has 19 heavy (non-hydrogen) atoms. The van der Waals surface area contributed by atoms with Gasteiger partial charge in [0.15, 0.2) is 0 Å². The molecule has 3 nitrogen and oxygen atoms in total. The smallest absolute Gasteiger partial charge is 0.206 e. The first-order valence-corrected chi connectivity index (χ1v) is 7.06. The number of nitrogens with zero attached hydrogens (tertiary/aromatic N) is 3. The first kappa shape index (κ1) is 12.5. The van der Waals surface area contributed by atoms with E-state index in [9.17, 15) is 4.39 Å². The maximum Gasteiger partial charge on any atom is 0.206 e. The van der Waals surface area contributed by atoms with Gasteiger partial charge in [-0.25, -0.2) is 9.37 Å². The van der Waals surface area contributed by atoms with Crippen LogP contribution >= 0.6 is 0 Å². The summed E-state index contributed by atoms with van der Waals surface area (Å²) in [5.74, 6) is 1.44. The molecule has 1 aliphatic heterocycles. The molecule has 0 saturated carbocycles. The van der Waals surface area contributed by atoms with Crippen molar-refractivity contribution in [2.45, 2.75) is 26.2 Å². The molecule has 1 saturated heterocycles. The highest BCUT2D eigenvalue weighted by Crippen LogP contribution is 2.27. The van der Waals surface area contributed by atoms with Gasteiger partial charge in [0.25, 0.3) is 0 Å². The Labute approximate surface area is 113 Å². The Morgan fingerprint density at radius 1 is 1.42 bits per heavy atom. The van der Waals surface area contributed by atoms with Crippen molar-refractivity contribution in [1.29, 1.82) is 0 Å². The molecule has 0 amide bonds. The Balaban J connectivity index is 2.01. The fourth-order valence-electron chi connectivity index (χ4n) is 3.07. The summed E-state index contributed by atoms with van der Waals surface area (Å²) in [6.45, 7) is 4.30. The number of fused-ring (bicyclic) bond motifs is 1. The van der Waals surface area contributed by atoms with E-state index in [-0.39, 0.29) is 5.82 Å². The van der Waals surface area contributed by atoms with Crippen LogP contribution in [0.4, 0.5) is 10.3 Å². The average molecular weight is 261 g/mol. The molecule has 0 aliphatic carbocycles. The number of piperidine rings is 1.